The van der Waals surface area contributed by atoms with Crippen molar-refractivity contribution in [1.29, 1.82) is 0 Å². The summed E-state index contributed by atoms with van der Waals surface area (Å²) in [6.45, 7) is 0. The van der Waals surface area contributed by atoms with E-state index >= 15 is 0 Å². The molecule has 0 radical (unpaired) electrons. The summed E-state index contributed by atoms with van der Waals surface area (Å²) >= 11 is 1.50. The van der Waals surface area contributed by atoms with Crippen LogP contribution in [0.15, 0.2) is 47.9 Å². The van der Waals surface area contributed by atoms with E-state index in [9.17, 15) is 14.9 Å². The maximum absolute atomic E-state index is 11.7. The zero-order chi connectivity index (χ0) is 13.7. The van der Waals surface area contributed by atoms with Gasteiger partial charge in [0.1, 0.15) is 5.69 Å². The smallest absolute Gasteiger partial charge is 0.292 e. The number of nitrogens with zero attached hydrogens (tertiary/aromatic N) is 1. The molecule has 0 saturated carbocycles. The van der Waals surface area contributed by atoms with Crippen LogP contribution in [-0.4, -0.2) is 10.8 Å². The van der Waals surface area contributed by atoms with Crippen molar-refractivity contribution in [3.05, 3.63) is 62.8 Å². The van der Waals surface area contributed by atoms with Crippen molar-refractivity contribution in [3.8, 4) is 0 Å². The molecule has 6 heteroatoms. The van der Waals surface area contributed by atoms with Crippen LogP contribution in [0.5, 0.6) is 0 Å². The Balaban J connectivity index is 2.09. The third-order valence-electron chi connectivity index (χ3n) is 2.30. The molecule has 2 rings (SSSR count). The van der Waals surface area contributed by atoms with Crippen molar-refractivity contribution in [3.63, 3.8) is 0 Å². The molecule has 0 unspecified atom stereocenters. The minimum atomic E-state index is -0.529. The molecule has 1 aromatic heterocycles. The number of amides is 1. The summed E-state index contributed by atoms with van der Waals surface area (Å²) in [6, 6.07) is 9.78. The third kappa shape index (κ3) is 3.49. The molecule has 96 valence electrons. The maximum atomic E-state index is 11.7. The van der Waals surface area contributed by atoms with E-state index in [1.54, 1.807) is 18.2 Å². The number of hydrogen-bond donors (Lipinski definition) is 1. The number of carbonyl (C=O) groups excluding carboxylic acids is 1. The van der Waals surface area contributed by atoms with E-state index < -0.39 is 10.8 Å². The molecule has 0 saturated heterocycles. The Morgan fingerprint density at radius 1 is 1.26 bits per heavy atom. The quantitative estimate of drug-likeness (QED) is 0.528. The average Bonchev–Trinajstić information content (AvgIpc) is 2.90. The second-order valence-electron chi connectivity index (χ2n) is 3.61. The number of para-hydroxylation sites is 2. The van der Waals surface area contributed by atoms with Gasteiger partial charge in [-0.1, -0.05) is 18.2 Å². The lowest BCUT2D eigenvalue weighted by Crippen LogP contribution is -2.09. The maximum Gasteiger partial charge on any atom is 0.292 e. The van der Waals surface area contributed by atoms with E-state index in [0.29, 0.717) is 0 Å². The molecule has 0 aliphatic carbocycles. The largest absolute Gasteiger partial charge is 0.317 e. The first-order chi connectivity index (χ1) is 9.16. The van der Waals surface area contributed by atoms with E-state index in [-0.39, 0.29) is 11.4 Å². The number of nitro benzene ring substituents is 1. The molecule has 19 heavy (non-hydrogen) atoms. The third-order valence-corrected chi connectivity index (χ3v) is 3.14. The predicted molar refractivity (Wildman–Crippen MR) is 75.1 cm³/mol. The van der Waals surface area contributed by atoms with Gasteiger partial charge in [0.05, 0.1) is 4.92 Å². The van der Waals surface area contributed by atoms with E-state index in [0.717, 1.165) is 4.88 Å². The van der Waals surface area contributed by atoms with Gasteiger partial charge >= 0.3 is 0 Å². The van der Waals surface area contributed by atoms with E-state index in [1.165, 1.54) is 29.5 Å². The second kappa shape index (κ2) is 5.92. The molecule has 0 aliphatic heterocycles. The molecular weight excluding hydrogens is 264 g/mol. The van der Waals surface area contributed by atoms with E-state index in [2.05, 4.69) is 5.32 Å². The molecule has 1 amide bonds. The lowest BCUT2D eigenvalue weighted by Gasteiger charge is -2.02. The van der Waals surface area contributed by atoms with Gasteiger partial charge < -0.3 is 5.32 Å². The van der Waals surface area contributed by atoms with Crippen LogP contribution < -0.4 is 5.32 Å². The summed E-state index contributed by atoms with van der Waals surface area (Å²) in [5.74, 6) is -0.400. The topological polar surface area (TPSA) is 72.2 Å². The summed E-state index contributed by atoms with van der Waals surface area (Å²) in [5.41, 5.74) is 0.0636. The first-order valence-electron chi connectivity index (χ1n) is 5.43. The zero-order valence-electron chi connectivity index (χ0n) is 9.78. The average molecular weight is 274 g/mol. The van der Waals surface area contributed by atoms with Crippen LogP contribution in [0, 0.1) is 10.1 Å². The van der Waals surface area contributed by atoms with Crippen LogP contribution in [0.3, 0.4) is 0 Å². The monoisotopic (exact) mass is 274 g/mol. The highest BCUT2D eigenvalue weighted by molar-refractivity contribution is 7.10. The van der Waals surface area contributed by atoms with Crippen LogP contribution in [0.2, 0.25) is 0 Å². The van der Waals surface area contributed by atoms with Gasteiger partial charge in [0.15, 0.2) is 0 Å². The lowest BCUT2D eigenvalue weighted by molar-refractivity contribution is -0.383. The number of carbonyl (C=O) groups is 1. The van der Waals surface area contributed by atoms with Crippen molar-refractivity contribution in [2.24, 2.45) is 0 Å². The number of nitro groups is 1. The molecule has 0 fully saturated rings. The summed E-state index contributed by atoms with van der Waals surface area (Å²) in [6.07, 6.45) is 3.01. The number of benzene rings is 1. The first-order valence-corrected chi connectivity index (χ1v) is 6.31. The minimum Gasteiger partial charge on any atom is -0.317 e. The Bertz CT molecular complexity index is 621. The lowest BCUT2D eigenvalue weighted by atomic mass is 10.2. The molecule has 0 atom stereocenters. The van der Waals surface area contributed by atoms with Crippen molar-refractivity contribution >= 4 is 34.7 Å². The van der Waals surface area contributed by atoms with Gasteiger partial charge in [-0.05, 0) is 23.6 Å². The van der Waals surface area contributed by atoms with Crippen molar-refractivity contribution in [1.82, 2.24) is 0 Å². The molecule has 0 spiro atoms. The molecule has 0 aliphatic rings. The molecule has 2 aromatic rings. The highest BCUT2D eigenvalue weighted by Gasteiger charge is 2.13. The SMILES string of the molecule is O=C(C=Cc1cccs1)Nc1ccccc1[N+](=O)[O-]. The number of anilines is 1. The fourth-order valence-electron chi connectivity index (χ4n) is 1.46. The molecule has 1 N–H and O–H groups in total. The second-order valence-corrected chi connectivity index (χ2v) is 4.59. The van der Waals surface area contributed by atoms with Gasteiger partial charge in [-0.3, -0.25) is 14.9 Å². The van der Waals surface area contributed by atoms with Gasteiger partial charge in [0.2, 0.25) is 5.91 Å². The molecule has 0 bridgehead atoms. The number of rotatable bonds is 4. The Morgan fingerprint density at radius 3 is 2.74 bits per heavy atom. The number of hydrogen-bond acceptors (Lipinski definition) is 4. The number of thiophene rings is 1. The summed E-state index contributed by atoms with van der Waals surface area (Å²) in [4.78, 5) is 22.9. The van der Waals surface area contributed by atoms with Crippen molar-refractivity contribution < 1.29 is 9.72 Å². The van der Waals surface area contributed by atoms with E-state index in [4.69, 9.17) is 0 Å². The molecule has 5 nitrogen and oxygen atoms in total. The first kappa shape index (κ1) is 13.0. The standard InChI is InChI=1S/C13H10N2O3S/c16-13(8-7-10-4-3-9-19-10)14-11-5-1-2-6-12(11)15(17)18/h1-9H,(H,14,16). The van der Waals surface area contributed by atoms with Gasteiger partial charge in [0.25, 0.3) is 5.69 Å². The Hall–Kier alpha value is -2.47. The minimum absolute atomic E-state index is 0.125. The summed E-state index contributed by atoms with van der Waals surface area (Å²) in [5, 5.41) is 15.2. The van der Waals surface area contributed by atoms with Crippen LogP contribution in [0.25, 0.3) is 6.08 Å². The van der Waals surface area contributed by atoms with Crippen LogP contribution in [0.1, 0.15) is 4.88 Å². The fraction of sp³-hybridized carbons (Fsp3) is 0. The van der Waals surface area contributed by atoms with Crippen molar-refractivity contribution in [2.75, 3.05) is 5.32 Å². The summed E-state index contributed by atoms with van der Waals surface area (Å²) < 4.78 is 0. The molecular formula is C13H10N2O3S. The molecule has 1 heterocycles. The highest BCUT2D eigenvalue weighted by Crippen LogP contribution is 2.23. The Morgan fingerprint density at radius 2 is 2.05 bits per heavy atom. The van der Waals surface area contributed by atoms with Crippen LogP contribution in [0.4, 0.5) is 11.4 Å². The Kier molecular flexibility index (Phi) is 4.04. The van der Waals surface area contributed by atoms with Crippen LogP contribution >= 0.6 is 11.3 Å². The summed E-state index contributed by atoms with van der Waals surface area (Å²) in [7, 11) is 0. The van der Waals surface area contributed by atoms with Gasteiger partial charge in [-0.2, -0.15) is 0 Å². The zero-order valence-corrected chi connectivity index (χ0v) is 10.6. The Labute approximate surface area is 113 Å². The van der Waals surface area contributed by atoms with Crippen LogP contribution in [-0.2, 0) is 4.79 Å². The van der Waals surface area contributed by atoms with Gasteiger partial charge in [0, 0.05) is 17.0 Å². The normalized spacial score (nSPS) is 10.5. The number of nitrogens with one attached hydrogen (secondary N) is 1. The van der Waals surface area contributed by atoms with Gasteiger partial charge in [-0.25, -0.2) is 0 Å². The highest BCUT2D eigenvalue weighted by atomic mass is 32.1. The fourth-order valence-corrected chi connectivity index (χ4v) is 2.07. The van der Waals surface area contributed by atoms with Gasteiger partial charge in [-0.15, -0.1) is 11.3 Å². The van der Waals surface area contributed by atoms with Crippen molar-refractivity contribution in [2.45, 2.75) is 0 Å². The predicted octanol–water partition coefficient (Wildman–Crippen LogP) is 3.31. The van der Waals surface area contributed by atoms with E-state index in [1.807, 2.05) is 17.5 Å². The molecule has 1 aromatic carbocycles.